The molecule has 106 valence electrons. The summed E-state index contributed by atoms with van der Waals surface area (Å²) in [6.45, 7) is 1.95. The predicted molar refractivity (Wildman–Crippen MR) is 74.4 cm³/mol. The van der Waals surface area contributed by atoms with Gasteiger partial charge in [0.25, 0.3) is 0 Å². The molecule has 0 saturated carbocycles. The van der Waals surface area contributed by atoms with Crippen LogP contribution in [0.4, 0.5) is 0 Å². The van der Waals surface area contributed by atoms with E-state index >= 15 is 0 Å². The fourth-order valence-electron chi connectivity index (χ4n) is 2.59. The van der Waals surface area contributed by atoms with Crippen molar-refractivity contribution in [2.75, 3.05) is 24.7 Å². The zero-order chi connectivity index (χ0) is 12.9. The van der Waals surface area contributed by atoms with Gasteiger partial charge in [0.2, 0.25) is 5.89 Å². The molecule has 0 radical (unpaired) electrons. The van der Waals surface area contributed by atoms with Gasteiger partial charge < -0.3 is 14.6 Å². The predicted octanol–water partition coefficient (Wildman–Crippen LogP) is 1.43. The summed E-state index contributed by atoms with van der Waals surface area (Å²) in [7, 11) is 0. The molecular weight excluding hydrogens is 262 g/mol. The maximum Gasteiger partial charge on any atom is 0.228 e. The van der Waals surface area contributed by atoms with Crippen LogP contribution in [-0.4, -0.2) is 46.9 Å². The van der Waals surface area contributed by atoms with E-state index in [4.69, 9.17) is 9.26 Å². The van der Waals surface area contributed by atoms with Gasteiger partial charge in [-0.25, -0.2) is 0 Å². The van der Waals surface area contributed by atoms with Crippen molar-refractivity contribution in [2.24, 2.45) is 0 Å². The Morgan fingerprint density at radius 2 is 2.32 bits per heavy atom. The summed E-state index contributed by atoms with van der Waals surface area (Å²) < 4.78 is 11.0. The van der Waals surface area contributed by atoms with Gasteiger partial charge in [-0.15, -0.1) is 0 Å². The molecule has 0 bridgehead atoms. The van der Waals surface area contributed by atoms with Crippen LogP contribution in [0.1, 0.15) is 31.0 Å². The van der Waals surface area contributed by atoms with E-state index in [2.05, 4.69) is 15.5 Å². The Balaban J connectivity index is 1.50. The van der Waals surface area contributed by atoms with Crippen molar-refractivity contribution in [3.05, 3.63) is 11.7 Å². The third-order valence-electron chi connectivity index (χ3n) is 3.61. The Morgan fingerprint density at radius 1 is 1.32 bits per heavy atom. The number of thioether (sulfide) groups is 1. The van der Waals surface area contributed by atoms with Crippen molar-refractivity contribution in [1.29, 1.82) is 0 Å². The molecule has 5 nitrogen and oxygen atoms in total. The summed E-state index contributed by atoms with van der Waals surface area (Å²) in [5.74, 6) is 3.88. The van der Waals surface area contributed by atoms with Gasteiger partial charge in [0.15, 0.2) is 5.82 Å². The molecule has 19 heavy (non-hydrogen) atoms. The van der Waals surface area contributed by atoms with Crippen molar-refractivity contribution in [1.82, 2.24) is 15.5 Å². The van der Waals surface area contributed by atoms with E-state index in [0.717, 1.165) is 49.9 Å². The lowest BCUT2D eigenvalue weighted by atomic mass is 10.1. The molecule has 2 saturated heterocycles. The van der Waals surface area contributed by atoms with Gasteiger partial charge in [-0.3, -0.25) is 0 Å². The summed E-state index contributed by atoms with van der Waals surface area (Å²) in [5.41, 5.74) is 0. The van der Waals surface area contributed by atoms with E-state index in [-0.39, 0.29) is 6.10 Å². The second kappa shape index (κ2) is 6.72. The first-order valence-electron chi connectivity index (χ1n) is 7.14. The standard InChI is InChI=1S/C13H21N3O2S/c1-2-5-17-11(3-1)8-12-15-13(18-16-12)7-10-9-19-6-4-14-10/h10-11,14H,1-9H2. The van der Waals surface area contributed by atoms with E-state index in [9.17, 15) is 0 Å². The molecule has 3 heterocycles. The van der Waals surface area contributed by atoms with Crippen LogP contribution in [0.3, 0.4) is 0 Å². The highest BCUT2D eigenvalue weighted by Gasteiger charge is 2.20. The van der Waals surface area contributed by atoms with E-state index in [0.29, 0.717) is 6.04 Å². The van der Waals surface area contributed by atoms with Crippen LogP contribution in [0.2, 0.25) is 0 Å². The molecule has 3 rings (SSSR count). The normalized spacial score (nSPS) is 28.4. The van der Waals surface area contributed by atoms with E-state index in [1.165, 1.54) is 18.6 Å². The zero-order valence-electron chi connectivity index (χ0n) is 11.1. The smallest absolute Gasteiger partial charge is 0.228 e. The van der Waals surface area contributed by atoms with Crippen LogP contribution in [0.15, 0.2) is 4.52 Å². The highest BCUT2D eigenvalue weighted by atomic mass is 32.2. The molecule has 1 aromatic heterocycles. The lowest BCUT2D eigenvalue weighted by Crippen LogP contribution is -2.38. The lowest BCUT2D eigenvalue weighted by molar-refractivity contribution is 0.0153. The van der Waals surface area contributed by atoms with Crippen LogP contribution in [0.5, 0.6) is 0 Å². The fourth-order valence-corrected chi connectivity index (χ4v) is 3.54. The average Bonchev–Trinajstić information content (AvgIpc) is 2.88. The van der Waals surface area contributed by atoms with E-state index in [1.54, 1.807) is 0 Å². The summed E-state index contributed by atoms with van der Waals surface area (Å²) in [4.78, 5) is 4.49. The molecule has 2 fully saturated rings. The minimum Gasteiger partial charge on any atom is -0.378 e. The van der Waals surface area contributed by atoms with Gasteiger partial charge in [0.1, 0.15) is 0 Å². The van der Waals surface area contributed by atoms with Gasteiger partial charge in [0, 0.05) is 43.5 Å². The first-order valence-corrected chi connectivity index (χ1v) is 8.30. The topological polar surface area (TPSA) is 60.2 Å². The SMILES string of the molecule is C1CCC(Cc2noc(CC3CSCCN3)n2)OC1. The molecule has 0 amide bonds. The monoisotopic (exact) mass is 283 g/mol. The number of nitrogens with zero attached hydrogens (tertiary/aromatic N) is 2. The van der Waals surface area contributed by atoms with Crippen LogP contribution < -0.4 is 5.32 Å². The Morgan fingerprint density at radius 3 is 3.11 bits per heavy atom. The van der Waals surface area contributed by atoms with Crippen molar-refractivity contribution in [2.45, 2.75) is 44.2 Å². The molecule has 6 heteroatoms. The second-order valence-corrected chi connectivity index (χ2v) is 6.38. The Hall–Kier alpha value is -0.590. The first-order chi connectivity index (χ1) is 9.40. The van der Waals surface area contributed by atoms with Crippen LogP contribution in [-0.2, 0) is 17.6 Å². The molecule has 1 N–H and O–H groups in total. The average molecular weight is 283 g/mol. The van der Waals surface area contributed by atoms with Crippen LogP contribution in [0, 0.1) is 0 Å². The highest BCUT2D eigenvalue weighted by Crippen LogP contribution is 2.17. The number of nitrogens with one attached hydrogen (secondary N) is 1. The van der Waals surface area contributed by atoms with Crippen molar-refractivity contribution >= 4 is 11.8 Å². The fraction of sp³-hybridized carbons (Fsp3) is 0.846. The van der Waals surface area contributed by atoms with E-state index in [1.807, 2.05) is 11.8 Å². The third-order valence-corrected chi connectivity index (χ3v) is 4.74. The zero-order valence-corrected chi connectivity index (χ0v) is 12.0. The summed E-state index contributed by atoms with van der Waals surface area (Å²) >= 11 is 1.99. The number of ether oxygens (including phenoxy) is 1. The summed E-state index contributed by atoms with van der Waals surface area (Å²) in [5, 5.41) is 7.56. The number of hydrogen-bond acceptors (Lipinski definition) is 6. The Kier molecular flexibility index (Phi) is 4.74. The molecule has 0 aliphatic carbocycles. The molecule has 0 spiro atoms. The molecule has 0 aromatic carbocycles. The largest absolute Gasteiger partial charge is 0.378 e. The van der Waals surface area contributed by atoms with Crippen molar-refractivity contribution < 1.29 is 9.26 Å². The van der Waals surface area contributed by atoms with Gasteiger partial charge in [-0.2, -0.15) is 16.7 Å². The number of hydrogen-bond donors (Lipinski definition) is 1. The lowest BCUT2D eigenvalue weighted by Gasteiger charge is -2.21. The maximum atomic E-state index is 5.70. The van der Waals surface area contributed by atoms with Crippen molar-refractivity contribution in [3.63, 3.8) is 0 Å². The quantitative estimate of drug-likeness (QED) is 0.902. The van der Waals surface area contributed by atoms with Crippen LogP contribution >= 0.6 is 11.8 Å². The Bertz CT molecular complexity index is 352. The molecule has 2 aliphatic heterocycles. The van der Waals surface area contributed by atoms with Gasteiger partial charge >= 0.3 is 0 Å². The van der Waals surface area contributed by atoms with Crippen molar-refractivity contribution in [3.8, 4) is 0 Å². The molecule has 2 atom stereocenters. The Labute approximate surface area is 117 Å². The number of aromatic nitrogens is 2. The van der Waals surface area contributed by atoms with E-state index < -0.39 is 0 Å². The number of rotatable bonds is 4. The molecule has 1 aromatic rings. The molecular formula is C13H21N3O2S. The molecule has 2 aliphatic rings. The minimum atomic E-state index is 0.280. The van der Waals surface area contributed by atoms with Gasteiger partial charge in [-0.1, -0.05) is 5.16 Å². The summed E-state index contributed by atoms with van der Waals surface area (Å²) in [6, 6.07) is 0.470. The minimum absolute atomic E-state index is 0.280. The molecule has 2 unspecified atom stereocenters. The second-order valence-electron chi connectivity index (χ2n) is 5.23. The third kappa shape index (κ3) is 3.94. The highest BCUT2D eigenvalue weighted by molar-refractivity contribution is 7.99. The van der Waals surface area contributed by atoms with Gasteiger partial charge in [0.05, 0.1) is 6.10 Å². The van der Waals surface area contributed by atoms with Crippen LogP contribution in [0.25, 0.3) is 0 Å². The summed E-state index contributed by atoms with van der Waals surface area (Å²) in [6.07, 6.45) is 5.45. The first kappa shape index (κ1) is 13.4. The van der Waals surface area contributed by atoms with Gasteiger partial charge in [-0.05, 0) is 19.3 Å². The maximum absolute atomic E-state index is 5.70.